The van der Waals surface area contributed by atoms with Crippen LogP contribution in [0.1, 0.15) is 201 Å². The summed E-state index contributed by atoms with van der Waals surface area (Å²) in [6.45, 7) is 6.31. The van der Waals surface area contributed by atoms with Crippen LogP contribution in [0.3, 0.4) is 0 Å². The molecule has 0 bridgehead atoms. The van der Waals surface area contributed by atoms with Crippen LogP contribution in [0, 0.1) is 0 Å². The minimum absolute atomic E-state index is 0.128. The highest BCUT2D eigenvalue weighted by atomic mass is 16.6. The van der Waals surface area contributed by atoms with Crippen molar-refractivity contribution >= 4 is 17.9 Å². The van der Waals surface area contributed by atoms with E-state index in [2.05, 4.69) is 112 Å². The summed E-state index contributed by atoms with van der Waals surface area (Å²) in [4.78, 5) is 38.0. The predicted molar refractivity (Wildman–Crippen MR) is 288 cm³/mol. The van der Waals surface area contributed by atoms with Gasteiger partial charge in [-0.15, -0.1) is 0 Å². The van der Waals surface area contributed by atoms with Crippen molar-refractivity contribution in [1.82, 2.24) is 0 Å². The second-order valence-electron chi connectivity index (χ2n) is 17.0. The minimum atomic E-state index is -0.834. The zero-order valence-corrected chi connectivity index (χ0v) is 42.6. The molecule has 6 heteroatoms. The molecule has 0 saturated heterocycles. The monoisotopic (exact) mass is 923 g/mol. The van der Waals surface area contributed by atoms with E-state index in [1.165, 1.54) is 51.4 Å². The van der Waals surface area contributed by atoms with Gasteiger partial charge < -0.3 is 14.2 Å². The highest BCUT2D eigenvalue weighted by molar-refractivity contribution is 5.71. The van der Waals surface area contributed by atoms with E-state index >= 15 is 0 Å². The Morgan fingerprint density at radius 3 is 1.00 bits per heavy atom. The molecule has 374 valence electrons. The Balaban J connectivity index is 4.60. The van der Waals surface area contributed by atoms with Crippen molar-refractivity contribution in [3.63, 3.8) is 0 Å². The number of rotatable bonds is 45. The van der Waals surface area contributed by atoms with Crippen LogP contribution >= 0.6 is 0 Å². The lowest BCUT2D eigenvalue weighted by atomic mass is 10.1. The SMILES string of the molecule is CC/C=C/C=C/C=C/C=C/C=C/CCCC(=O)OCC(COC(=O)CCCCCCC/C=C/C=C/C=C/C=C/CCCCC)OC(=O)CCCCCCC/C=C/C=C/C=C/CCCCCCC. The summed E-state index contributed by atoms with van der Waals surface area (Å²) in [6, 6.07) is 0. The van der Waals surface area contributed by atoms with Crippen LogP contribution in [-0.2, 0) is 28.6 Å². The quantitative estimate of drug-likeness (QED) is 0.0262. The number of allylic oxidation sites excluding steroid dienone is 24. The second-order valence-corrected chi connectivity index (χ2v) is 17.0. The molecule has 0 aromatic rings. The normalized spacial score (nSPS) is 13.3. The zero-order valence-electron chi connectivity index (χ0n) is 42.6. The molecule has 1 atom stereocenters. The van der Waals surface area contributed by atoms with Gasteiger partial charge in [0.05, 0.1) is 0 Å². The standard InChI is InChI=1S/C61H94O6/c1-4-7-10-13-16-19-22-25-27-29-31-33-36-39-42-45-48-51-54-60(63)66-57-58(56-65-59(62)53-50-47-44-41-38-35-24-21-18-15-12-9-6-3)67-61(64)55-52-49-46-43-40-37-34-32-30-28-26-23-20-17-14-11-8-5-2/h9,12,15-16,18-19,21-35,38,41,44,58H,4-8,10-11,13-14,17,20,36-37,39-40,42-43,45-57H2,1-3H3/b12-9+,18-15+,19-16+,24-21+,25-22+,26-23+,29-27+,30-28+,33-31+,34-32+,38-35+,44-41+. The Hall–Kier alpha value is -4.71. The zero-order chi connectivity index (χ0) is 48.6. The smallest absolute Gasteiger partial charge is 0.306 e. The van der Waals surface area contributed by atoms with Gasteiger partial charge in [-0.25, -0.2) is 0 Å². The van der Waals surface area contributed by atoms with Crippen molar-refractivity contribution in [3.8, 4) is 0 Å². The molecule has 0 amide bonds. The van der Waals surface area contributed by atoms with E-state index < -0.39 is 6.10 Å². The van der Waals surface area contributed by atoms with E-state index in [1.807, 2.05) is 54.7 Å². The molecular formula is C61H94O6. The Bertz CT molecular complexity index is 1530. The number of hydrogen-bond acceptors (Lipinski definition) is 6. The first kappa shape index (κ1) is 62.3. The van der Waals surface area contributed by atoms with Crippen molar-refractivity contribution in [2.45, 2.75) is 207 Å². The highest BCUT2D eigenvalue weighted by Crippen LogP contribution is 2.12. The summed E-state index contributed by atoms with van der Waals surface area (Å²) < 4.78 is 16.7. The van der Waals surface area contributed by atoms with Gasteiger partial charge in [-0.1, -0.05) is 244 Å². The molecule has 67 heavy (non-hydrogen) atoms. The molecule has 0 aromatic heterocycles. The maximum atomic E-state index is 12.8. The van der Waals surface area contributed by atoms with Gasteiger partial charge >= 0.3 is 17.9 Å². The van der Waals surface area contributed by atoms with Crippen LogP contribution in [0.2, 0.25) is 0 Å². The Morgan fingerprint density at radius 2 is 0.597 bits per heavy atom. The van der Waals surface area contributed by atoms with Crippen molar-refractivity contribution in [1.29, 1.82) is 0 Å². The van der Waals surface area contributed by atoms with Gasteiger partial charge in [0.25, 0.3) is 0 Å². The summed E-state index contributed by atoms with van der Waals surface area (Å²) >= 11 is 0. The molecule has 0 heterocycles. The number of ether oxygens (including phenoxy) is 3. The Labute approximate surface area is 410 Å². The van der Waals surface area contributed by atoms with E-state index in [0.29, 0.717) is 12.8 Å². The van der Waals surface area contributed by atoms with E-state index in [9.17, 15) is 14.4 Å². The molecule has 0 aliphatic carbocycles. The fourth-order valence-electron chi connectivity index (χ4n) is 6.60. The first-order valence-electron chi connectivity index (χ1n) is 26.5. The Kier molecular flexibility index (Phi) is 50.1. The average Bonchev–Trinajstić information content (AvgIpc) is 3.33. The summed E-state index contributed by atoms with van der Waals surface area (Å²) in [5.74, 6) is -1.06. The lowest BCUT2D eigenvalue weighted by molar-refractivity contribution is -0.167. The van der Waals surface area contributed by atoms with E-state index in [4.69, 9.17) is 14.2 Å². The molecule has 0 N–H and O–H groups in total. The van der Waals surface area contributed by atoms with Crippen molar-refractivity contribution in [2.75, 3.05) is 13.2 Å². The minimum Gasteiger partial charge on any atom is -0.462 e. The first-order chi connectivity index (χ1) is 33.0. The van der Waals surface area contributed by atoms with Gasteiger partial charge in [0.1, 0.15) is 13.2 Å². The molecule has 6 nitrogen and oxygen atoms in total. The molecule has 0 saturated carbocycles. The van der Waals surface area contributed by atoms with E-state index in [1.54, 1.807) is 0 Å². The molecule has 0 aliphatic heterocycles. The molecular weight excluding hydrogens is 829 g/mol. The number of esters is 3. The highest BCUT2D eigenvalue weighted by Gasteiger charge is 2.19. The lowest BCUT2D eigenvalue weighted by Crippen LogP contribution is -2.30. The van der Waals surface area contributed by atoms with Crippen molar-refractivity contribution < 1.29 is 28.6 Å². The second kappa shape index (κ2) is 53.9. The first-order valence-corrected chi connectivity index (χ1v) is 26.5. The summed E-state index contributed by atoms with van der Waals surface area (Å²) in [6.07, 6.45) is 76.9. The number of carbonyl (C=O) groups excluding carboxylic acids is 3. The van der Waals surface area contributed by atoms with Crippen LogP contribution in [0.25, 0.3) is 0 Å². The van der Waals surface area contributed by atoms with Gasteiger partial charge in [-0.05, 0) is 83.5 Å². The van der Waals surface area contributed by atoms with Gasteiger partial charge in [-0.2, -0.15) is 0 Å². The van der Waals surface area contributed by atoms with Crippen LogP contribution in [-0.4, -0.2) is 37.2 Å². The largest absolute Gasteiger partial charge is 0.462 e. The van der Waals surface area contributed by atoms with E-state index in [0.717, 1.165) is 103 Å². The van der Waals surface area contributed by atoms with Gasteiger partial charge in [0.2, 0.25) is 0 Å². The van der Waals surface area contributed by atoms with Crippen LogP contribution in [0.15, 0.2) is 146 Å². The van der Waals surface area contributed by atoms with Gasteiger partial charge in [-0.3, -0.25) is 14.4 Å². The molecule has 1 unspecified atom stereocenters. The maximum Gasteiger partial charge on any atom is 0.306 e. The van der Waals surface area contributed by atoms with Crippen LogP contribution in [0.4, 0.5) is 0 Å². The van der Waals surface area contributed by atoms with Crippen LogP contribution in [0.5, 0.6) is 0 Å². The fourth-order valence-corrected chi connectivity index (χ4v) is 6.60. The number of carbonyl (C=O) groups is 3. The van der Waals surface area contributed by atoms with Crippen molar-refractivity contribution in [3.05, 3.63) is 146 Å². The fraction of sp³-hybridized carbons (Fsp3) is 0.557. The maximum absolute atomic E-state index is 12.8. The summed E-state index contributed by atoms with van der Waals surface area (Å²) in [5, 5.41) is 0. The molecule has 0 aromatic carbocycles. The predicted octanol–water partition coefficient (Wildman–Crippen LogP) is 17.6. The molecule has 0 rings (SSSR count). The lowest BCUT2D eigenvalue weighted by Gasteiger charge is -2.18. The van der Waals surface area contributed by atoms with Gasteiger partial charge in [0.15, 0.2) is 6.10 Å². The topological polar surface area (TPSA) is 78.9 Å². The van der Waals surface area contributed by atoms with Crippen molar-refractivity contribution in [2.24, 2.45) is 0 Å². The van der Waals surface area contributed by atoms with Crippen LogP contribution < -0.4 is 0 Å². The number of unbranched alkanes of at least 4 members (excludes halogenated alkanes) is 19. The third kappa shape index (κ3) is 52.1. The van der Waals surface area contributed by atoms with Gasteiger partial charge in [0, 0.05) is 19.3 Å². The summed E-state index contributed by atoms with van der Waals surface area (Å²) in [7, 11) is 0. The Morgan fingerprint density at radius 1 is 0.313 bits per heavy atom. The molecule has 0 fully saturated rings. The third-order valence-corrected chi connectivity index (χ3v) is 10.6. The average molecular weight is 923 g/mol. The third-order valence-electron chi connectivity index (χ3n) is 10.6. The number of hydrogen-bond donors (Lipinski definition) is 0. The van der Waals surface area contributed by atoms with E-state index in [-0.39, 0.29) is 44.0 Å². The molecule has 0 aliphatic rings. The molecule has 0 radical (unpaired) electrons. The summed E-state index contributed by atoms with van der Waals surface area (Å²) in [5.41, 5.74) is 0. The molecule has 0 spiro atoms.